The summed E-state index contributed by atoms with van der Waals surface area (Å²) in [6.07, 6.45) is 5.80. The third kappa shape index (κ3) is 7.78. The summed E-state index contributed by atoms with van der Waals surface area (Å²) in [5, 5.41) is 8.52. The zero-order valence-electron chi connectivity index (χ0n) is 8.30. The van der Waals surface area contributed by atoms with E-state index < -0.39 is 0 Å². The minimum Gasteiger partial charge on any atom is -0.813 e. The Morgan fingerprint density at radius 1 is 1.27 bits per heavy atom. The summed E-state index contributed by atoms with van der Waals surface area (Å²) in [4.78, 5) is 0. The van der Waals surface area contributed by atoms with Crippen LogP contribution in [0.3, 0.4) is 0 Å². The molecule has 0 heterocycles. The molecule has 1 nitrogen and oxygen atoms in total. The SMILES string of the molecule is N#C/[C]([Tl])=C\C=C\c1ccccc1.P.[SH-]. The second-order valence-corrected chi connectivity index (χ2v) is 4.92. The summed E-state index contributed by atoms with van der Waals surface area (Å²) in [6.45, 7) is 0. The van der Waals surface area contributed by atoms with Crippen molar-refractivity contribution < 1.29 is 0 Å². The fourth-order valence-corrected chi connectivity index (χ4v) is 1.30. The van der Waals surface area contributed by atoms with Gasteiger partial charge in [-0.05, 0) is 0 Å². The number of nitriles is 1. The maximum atomic E-state index is 8.52. The van der Waals surface area contributed by atoms with Gasteiger partial charge in [0.1, 0.15) is 0 Å². The minimum atomic E-state index is 0. The first-order valence-electron chi connectivity index (χ1n) is 3.92. The molecule has 0 N–H and O–H groups in total. The van der Waals surface area contributed by atoms with Gasteiger partial charge in [-0.2, -0.15) is 9.90 Å². The molecule has 1 aromatic rings. The number of hydrogen-bond acceptors (Lipinski definition) is 2. The molecule has 0 aliphatic carbocycles. The normalized spacial score (nSPS) is 9.87. The molecule has 4 heteroatoms. The number of allylic oxidation sites excluding steroid dienone is 3. The quantitative estimate of drug-likeness (QED) is 0.181. The van der Waals surface area contributed by atoms with Gasteiger partial charge < -0.3 is 13.5 Å². The van der Waals surface area contributed by atoms with E-state index in [1.807, 2.05) is 48.6 Å². The van der Waals surface area contributed by atoms with Crippen LogP contribution in [0.15, 0.2) is 45.6 Å². The zero-order chi connectivity index (χ0) is 9.52. The number of benzene rings is 1. The van der Waals surface area contributed by atoms with Crippen LogP contribution in [0.1, 0.15) is 5.56 Å². The monoisotopic (exact) mass is 426 g/mol. The van der Waals surface area contributed by atoms with Gasteiger partial charge in [-0.25, -0.2) is 0 Å². The van der Waals surface area contributed by atoms with E-state index in [1.165, 1.54) is 0 Å². The molecule has 76 valence electrons. The van der Waals surface area contributed by atoms with Gasteiger partial charge in [-0.15, -0.1) is 0 Å². The van der Waals surface area contributed by atoms with Crippen molar-refractivity contribution in [3.05, 3.63) is 51.2 Å². The molecule has 0 saturated heterocycles. The van der Waals surface area contributed by atoms with Gasteiger partial charge in [-0.1, -0.05) is 0 Å². The van der Waals surface area contributed by atoms with Crippen molar-refractivity contribution in [2.75, 3.05) is 0 Å². The Morgan fingerprint density at radius 2 is 1.87 bits per heavy atom. The molecule has 0 fully saturated rings. The van der Waals surface area contributed by atoms with E-state index in [9.17, 15) is 0 Å². The number of hydrogen-bond donors (Lipinski definition) is 0. The molecule has 0 bridgehead atoms. The Labute approximate surface area is 117 Å². The van der Waals surface area contributed by atoms with Crippen molar-refractivity contribution in [1.82, 2.24) is 0 Å². The molecule has 0 aliphatic heterocycles. The van der Waals surface area contributed by atoms with Crippen molar-refractivity contribution in [3.8, 4) is 6.07 Å². The Kier molecular flexibility index (Phi) is 12.0. The van der Waals surface area contributed by atoms with Gasteiger partial charge in [0.05, 0.1) is 0 Å². The fraction of sp³-hybridized carbons (Fsp3) is 0. The van der Waals surface area contributed by atoms with Crippen LogP contribution in [0.25, 0.3) is 6.08 Å². The summed E-state index contributed by atoms with van der Waals surface area (Å²) in [7, 11) is 0. The van der Waals surface area contributed by atoms with Crippen LogP contribution >= 0.6 is 9.90 Å². The van der Waals surface area contributed by atoms with E-state index >= 15 is 0 Å². The van der Waals surface area contributed by atoms with E-state index in [2.05, 4.69) is 6.07 Å². The van der Waals surface area contributed by atoms with Crippen molar-refractivity contribution in [1.29, 1.82) is 5.26 Å². The largest absolute Gasteiger partial charge is 0.813 e. The van der Waals surface area contributed by atoms with Crippen LogP contribution in [0.5, 0.6) is 0 Å². The molecular formula is C11H12NPSTl-. The second-order valence-electron chi connectivity index (χ2n) is 2.50. The van der Waals surface area contributed by atoms with Crippen LogP contribution in [-0.2, 0) is 13.5 Å². The van der Waals surface area contributed by atoms with E-state index in [1.54, 1.807) is 0 Å². The van der Waals surface area contributed by atoms with E-state index in [4.69, 9.17) is 5.26 Å². The smallest absolute Gasteiger partial charge is 0.153 e. The third-order valence-corrected chi connectivity index (χ3v) is 2.74. The predicted octanol–water partition coefficient (Wildman–Crippen LogP) is 2.06. The summed E-state index contributed by atoms with van der Waals surface area (Å²) in [6, 6.07) is 12.2. The first-order valence-corrected chi connectivity index (χ1v) is 6.16. The molecule has 0 aliphatic rings. The van der Waals surface area contributed by atoms with E-state index in [-0.39, 0.29) is 23.4 Å². The maximum Gasteiger partial charge on any atom is -0.153 e. The minimum absolute atomic E-state index is 0. The Bertz CT molecular complexity index is 368. The second kappa shape index (κ2) is 10.4. The molecule has 1 rings (SSSR count). The first kappa shape index (κ1) is 17.3. The van der Waals surface area contributed by atoms with Crippen molar-refractivity contribution >= 4 is 55.2 Å². The van der Waals surface area contributed by atoms with Gasteiger partial charge in [0.2, 0.25) is 0 Å². The Morgan fingerprint density at radius 3 is 2.40 bits per heavy atom. The van der Waals surface area contributed by atoms with Crippen LogP contribution in [0, 0.1) is 11.3 Å². The number of nitrogens with zero attached hydrogens (tertiary/aromatic N) is 1. The topological polar surface area (TPSA) is 23.8 Å². The van der Waals surface area contributed by atoms with Crippen molar-refractivity contribution in [2.45, 2.75) is 0 Å². The summed E-state index contributed by atoms with van der Waals surface area (Å²) in [5.41, 5.74) is 1.16. The predicted molar refractivity (Wildman–Crippen MR) is 74.8 cm³/mol. The van der Waals surface area contributed by atoms with Gasteiger partial charge in [0.15, 0.2) is 0 Å². The molecule has 0 aromatic heterocycles. The van der Waals surface area contributed by atoms with Gasteiger partial charge in [0.25, 0.3) is 0 Å². The molecule has 0 amide bonds. The average molecular weight is 426 g/mol. The van der Waals surface area contributed by atoms with Gasteiger partial charge in [0, 0.05) is 0 Å². The molecular weight excluding hydrogens is 414 g/mol. The molecule has 0 spiro atoms. The molecule has 0 saturated carbocycles. The Balaban J connectivity index is 0. The fourth-order valence-electron chi connectivity index (χ4n) is 0.864. The standard InChI is InChI=1S/C11H8N.H3P.H2S.Tl/c12-10-6-2-5-9-11-7-3-1-4-8-11;;;/h1-5,7-9H;1H3;1H2;/p-1/b6-2?,9-5+;;;. The maximum absolute atomic E-state index is 8.52. The molecule has 1 atom stereocenters. The first-order chi connectivity index (χ1) is 6.33. The van der Waals surface area contributed by atoms with Gasteiger partial charge in [-0.3, -0.25) is 0 Å². The Hall–Kier alpha value is -0.108. The number of thiol groups is 1. The molecule has 1 unspecified atom stereocenters. The van der Waals surface area contributed by atoms with Crippen molar-refractivity contribution in [2.24, 2.45) is 0 Å². The molecule has 15 heavy (non-hydrogen) atoms. The third-order valence-electron chi connectivity index (χ3n) is 1.49. The van der Waals surface area contributed by atoms with E-state index in [0.29, 0.717) is 25.8 Å². The molecule has 1 aromatic carbocycles. The van der Waals surface area contributed by atoms with E-state index in [0.717, 1.165) is 8.70 Å². The van der Waals surface area contributed by atoms with Crippen LogP contribution in [0.4, 0.5) is 0 Å². The van der Waals surface area contributed by atoms with Crippen molar-refractivity contribution in [3.63, 3.8) is 0 Å². The van der Waals surface area contributed by atoms with Crippen LogP contribution in [-0.4, -0.2) is 25.8 Å². The summed E-state index contributed by atoms with van der Waals surface area (Å²) < 4.78 is 0.882. The summed E-state index contributed by atoms with van der Waals surface area (Å²) in [5.74, 6) is 0. The van der Waals surface area contributed by atoms with Crippen LogP contribution in [0.2, 0.25) is 0 Å². The van der Waals surface area contributed by atoms with Crippen LogP contribution < -0.4 is 0 Å². The average Bonchev–Trinajstić information content (AvgIpc) is 2.19. The number of rotatable bonds is 2. The zero-order valence-corrected chi connectivity index (χ0v) is 15.1. The molecule has 0 radical (unpaired) electrons. The van der Waals surface area contributed by atoms with Gasteiger partial charge >= 0.3 is 94.4 Å². The summed E-state index contributed by atoms with van der Waals surface area (Å²) >= 11 is 0.621.